The number of nitrogens with two attached hydrogens (primary N) is 1. The van der Waals surface area contributed by atoms with Crippen LogP contribution in [-0.2, 0) is 6.42 Å². The molecule has 1 heterocycles. The first-order valence-corrected chi connectivity index (χ1v) is 5.61. The Bertz CT molecular complexity index is 481. The zero-order chi connectivity index (χ0) is 10.8. The van der Waals surface area contributed by atoms with Crippen LogP contribution in [0.1, 0.15) is 11.3 Å². The third-order valence-electron chi connectivity index (χ3n) is 2.14. The van der Waals surface area contributed by atoms with Crippen molar-refractivity contribution in [1.82, 2.24) is 0 Å². The Labute approximate surface area is 101 Å². The van der Waals surface area contributed by atoms with E-state index in [9.17, 15) is 0 Å². The van der Waals surface area contributed by atoms with Gasteiger partial charge in [0.05, 0.1) is 10.7 Å². The zero-order valence-electron chi connectivity index (χ0n) is 7.84. The normalized spacial score (nSPS) is 10.5. The second kappa shape index (κ2) is 4.29. The Morgan fingerprint density at radius 1 is 1.27 bits per heavy atom. The minimum atomic E-state index is 0.582. The van der Waals surface area contributed by atoms with Crippen molar-refractivity contribution in [3.05, 3.63) is 51.3 Å². The van der Waals surface area contributed by atoms with Crippen LogP contribution >= 0.6 is 27.5 Å². The Balaban J connectivity index is 2.28. The molecule has 0 spiro atoms. The molecule has 0 amide bonds. The number of anilines is 1. The summed E-state index contributed by atoms with van der Waals surface area (Å²) in [5.74, 6) is 0.857. The van der Waals surface area contributed by atoms with Gasteiger partial charge in [-0.1, -0.05) is 23.7 Å². The fourth-order valence-electron chi connectivity index (χ4n) is 1.37. The molecular formula is C11H9BrClNO. The number of nitrogen functional groups attached to an aromatic ring is 1. The summed E-state index contributed by atoms with van der Waals surface area (Å²) < 4.78 is 6.12. The van der Waals surface area contributed by atoms with E-state index in [1.165, 1.54) is 0 Å². The van der Waals surface area contributed by atoms with E-state index >= 15 is 0 Å². The monoisotopic (exact) mass is 285 g/mol. The van der Waals surface area contributed by atoms with Crippen LogP contribution in [0.25, 0.3) is 0 Å². The summed E-state index contributed by atoms with van der Waals surface area (Å²) in [5.41, 5.74) is 7.45. The van der Waals surface area contributed by atoms with Crippen LogP contribution in [-0.4, -0.2) is 0 Å². The van der Waals surface area contributed by atoms with Gasteiger partial charge in [0.25, 0.3) is 0 Å². The molecule has 2 aromatic rings. The molecule has 2 nitrogen and oxygen atoms in total. The molecule has 1 aromatic heterocycles. The molecule has 0 bridgehead atoms. The van der Waals surface area contributed by atoms with Crippen molar-refractivity contribution in [3.63, 3.8) is 0 Å². The van der Waals surface area contributed by atoms with Crippen molar-refractivity contribution in [1.29, 1.82) is 0 Å². The first kappa shape index (κ1) is 10.6. The average molecular weight is 287 g/mol. The molecule has 2 rings (SSSR count). The molecule has 0 atom stereocenters. The van der Waals surface area contributed by atoms with E-state index in [1.54, 1.807) is 6.07 Å². The summed E-state index contributed by atoms with van der Waals surface area (Å²) in [6.45, 7) is 0. The fraction of sp³-hybridized carbons (Fsp3) is 0.0909. The molecule has 1 aromatic carbocycles. The summed E-state index contributed by atoms with van der Waals surface area (Å²) >= 11 is 9.17. The van der Waals surface area contributed by atoms with Crippen LogP contribution in [0, 0.1) is 0 Å². The van der Waals surface area contributed by atoms with Gasteiger partial charge in [-0.3, -0.25) is 0 Å². The lowest BCUT2D eigenvalue weighted by atomic mass is 10.1. The smallest absolute Gasteiger partial charge is 0.169 e. The quantitative estimate of drug-likeness (QED) is 0.851. The number of benzene rings is 1. The van der Waals surface area contributed by atoms with Gasteiger partial charge in [-0.2, -0.15) is 0 Å². The van der Waals surface area contributed by atoms with Crippen LogP contribution in [0.4, 0.5) is 5.69 Å². The van der Waals surface area contributed by atoms with Crippen LogP contribution in [0.2, 0.25) is 5.02 Å². The molecule has 4 heteroatoms. The van der Waals surface area contributed by atoms with Gasteiger partial charge >= 0.3 is 0 Å². The fourth-order valence-corrected chi connectivity index (χ4v) is 1.90. The van der Waals surface area contributed by atoms with Crippen LogP contribution in [0.5, 0.6) is 0 Å². The maximum Gasteiger partial charge on any atom is 0.169 e. The third kappa shape index (κ3) is 2.36. The van der Waals surface area contributed by atoms with Gasteiger partial charge in [-0.05, 0) is 39.7 Å². The van der Waals surface area contributed by atoms with Gasteiger partial charge in [0.2, 0.25) is 0 Å². The second-order valence-electron chi connectivity index (χ2n) is 3.20. The lowest BCUT2D eigenvalue weighted by molar-refractivity contribution is 0.498. The minimum Gasteiger partial charge on any atom is -0.454 e. The van der Waals surface area contributed by atoms with Crippen molar-refractivity contribution >= 4 is 33.2 Å². The highest BCUT2D eigenvalue weighted by atomic mass is 79.9. The average Bonchev–Trinajstić information content (AvgIpc) is 2.59. The Morgan fingerprint density at radius 2 is 2.07 bits per heavy atom. The van der Waals surface area contributed by atoms with Gasteiger partial charge in [0, 0.05) is 6.42 Å². The van der Waals surface area contributed by atoms with Gasteiger partial charge < -0.3 is 10.2 Å². The summed E-state index contributed by atoms with van der Waals surface area (Å²) in [6, 6.07) is 9.36. The molecule has 15 heavy (non-hydrogen) atoms. The molecule has 0 saturated heterocycles. The van der Waals surface area contributed by atoms with Crippen LogP contribution in [0.15, 0.2) is 39.4 Å². The molecule has 0 radical (unpaired) electrons. The van der Waals surface area contributed by atoms with E-state index in [2.05, 4.69) is 15.9 Å². The van der Waals surface area contributed by atoms with E-state index < -0.39 is 0 Å². The third-order valence-corrected chi connectivity index (χ3v) is 2.89. The molecule has 0 aliphatic heterocycles. The first-order chi connectivity index (χ1) is 7.16. The second-order valence-corrected chi connectivity index (χ2v) is 4.38. The number of para-hydroxylation sites is 1. The van der Waals surface area contributed by atoms with E-state index in [1.807, 2.05) is 24.3 Å². The number of rotatable bonds is 2. The molecule has 78 valence electrons. The lowest BCUT2D eigenvalue weighted by Gasteiger charge is -2.04. The number of halogens is 2. The summed E-state index contributed by atoms with van der Waals surface area (Å²) in [4.78, 5) is 0. The maximum absolute atomic E-state index is 5.92. The SMILES string of the molecule is Nc1c(Cl)cccc1Cc1ccc(Br)o1. The highest BCUT2D eigenvalue weighted by Crippen LogP contribution is 2.25. The number of hydrogen-bond donors (Lipinski definition) is 1. The maximum atomic E-state index is 5.92. The van der Waals surface area contributed by atoms with E-state index in [4.69, 9.17) is 21.8 Å². The molecule has 0 aliphatic carbocycles. The van der Waals surface area contributed by atoms with Gasteiger partial charge in [-0.25, -0.2) is 0 Å². The van der Waals surface area contributed by atoms with Crippen molar-refractivity contribution in [2.24, 2.45) is 0 Å². The van der Waals surface area contributed by atoms with Crippen LogP contribution < -0.4 is 5.73 Å². The summed E-state index contributed by atoms with van der Waals surface area (Å²) in [7, 11) is 0. The van der Waals surface area contributed by atoms with Crippen molar-refractivity contribution < 1.29 is 4.42 Å². The zero-order valence-corrected chi connectivity index (χ0v) is 10.2. The van der Waals surface area contributed by atoms with E-state index in [0.717, 1.165) is 16.0 Å². The standard InChI is InChI=1S/C11H9BrClNO/c12-10-5-4-8(15-10)6-7-2-1-3-9(13)11(7)14/h1-5H,6,14H2. The minimum absolute atomic E-state index is 0.582. The van der Waals surface area contributed by atoms with E-state index in [-0.39, 0.29) is 0 Å². The molecule has 0 unspecified atom stereocenters. The van der Waals surface area contributed by atoms with Crippen LogP contribution in [0.3, 0.4) is 0 Å². The highest BCUT2D eigenvalue weighted by molar-refractivity contribution is 9.10. The van der Waals surface area contributed by atoms with Crippen molar-refractivity contribution in [2.75, 3.05) is 5.73 Å². The predicted molar refractivity (Wildman–Crippen MR) is 65.1 cm³/mol. The molecule has 0 fully saturated rings. The first-order valence-electron chi connectivity index (χ1n) is 4.44. The molecular weight excluding hydrogens is 277 g/mol. The summed E-state index contributed by atoms with van der Waals surface area (Å²) in [5, 5.41) is 0.582. The number of hydrogen-bond acceptors (Lipinski definition) is 2. The summed E-state index contributed by atoms with van der Waals surface area (Å²) in [6.07, 6.45) is 0.651. The van der Waals surface area contributed by atoms with Gasteiger partial charge in [0.15, 0.2) is 4.67 Å². The molecule has 2 N–H and O–H groups in total. The predicted octanol–water partition coefficient (Wildman–Crippen LogP) is 3.87. The van der Waals surface area contributed by atoms with Crippen molar-refractivity contribution in [2.45, 2.75) is 6.42 Å². The largest absolute Gasteiger partial charge is 0.454 e. The van der Waals surface area contributed by atoms with E-state index in [0.29, 0.717) is 17.1 Å². The highest BCUT2D eigenvalue weighted by Gasteiger charge is 2.06. The van der Waals surface area contributed by atoms with Gasteiger partial charge in [0.1, 0.15) is 5.76 Å². The lowest BCUT2D eigenvalue weighted by Crippen LogP contribution is -1.95. The van der Waals surface area contributed by atoms with Gasteiger partial charge in [-0.15, -0.1) is 0 Å². The Kier molecular flexibility index (Phi) is 3.03. The Morgan fingerprint density at radius 3 is 2.73 bits per heavy atom. The topological polar surface area (TPSA) is 39.2 Å². The number of furan rings is 1. The van der Waals surface area contributed by atoms with Crippen molar-refractivity contribution in [3.8, 4) is 0 Å². The molecule has 0 aliphatic rings. The Hall–Kier alpha value is -0.930. The molecule has 0 saturated carbocycles.